The van der Waals surface area contributed by atoms with Crippen LogP contribution in [0.5, 0.6) is 0 Å². The third-order valence-corrected chi connectivity index (χ3v) is 3.22. The monoisotopic (exact) mass is 284 g/mol. The lowest BCUT2D eigenvalue weighted by Crippen LogP contribution is -2.27. The summed E-state index contributed by atoms with van der Waals surface area (Å²) in [6, 6.07) is 5.01. The fourth-order valence-corrected chi connectivity index (χ4v) is 2.11. The van der Waals surface area contributed by atoms with Crippen molar-refractivity contribution in [3.63, 3.8) is 0 Å². The number of hydrogen-bond donors (Lipinski definition) is 2. The zero-order valence-corrected chi connectivity index (χ0v) is 10.7. The van der Waals surface area contributed by atoms with Crippen molar-refractivity contribution in [1.29, 1.82) is 0 Å². The van der Waals surface area contributed by atoms with Gasteiger partial charge >= 0.3 is 0 Å². The summed E-state index contributed by atoms with van der Waals surface area (Å²) in [6.45, 7) is 0. The number of carbonyl (C=O) groups excluding carboxylic acids is 1. The van der Waals surface area contributed by atoms with Gasteiger partial charge in [0.2, 0.25) is 0 Å². The molecule has 2 atom stereocenters. The number of aliphatic hydroxyl groups is 2. The molecule has 5 heteroatoms. The van der Waals surface area contributed by atoms with E-state index in [4.69, 9.17) is 23.2 Å². The predicted octanol–water partition coefficient (Wildman–Crippen LogP) is 2.24. The van der Waals surface area contributed by atoms with Gasteiger partial charge in [-0.05, 0) is 29.3 Å². The predicted molar refractivity (Wildman–Crippen MR) is 70.6 cm³/mol. The number of benzene rings is 1. The van der Waals surface area contributed by atoms with Crippen LogP contribution in [0.4, 0.5) is 0 Å². The molecule has 0 amide bonds. The molecule has 0 unspecified atom stereocenters. The zero-order valence-electron chi connectivity index (χ0n) is 9.18. The highest BCUT2D eigenvalue weighted by atomic mass is 35.5. The summed E-state index contributed by atoms with van der Waals surface area (Å²) in [5.41, 5.74) is 1.07. The molecule has 1 aromatic rings. The Balaban J connectivity index is 2.22. The molecule has 0 aromatic heterocycles. The fourth-order valence-electron chi connectivity index (χ4n) is 1.64. The molecule has 2 rings (SSSR count). The molecule has 1 aliphatic rings. The van der Waals surface area contributed by atoms with Gasteiger partial charge in [0.1, 0.15) is 12.2 Å². The summed E-state index contributed by atoms with van der Waals surface area (Å²) in [4.78, 5) is 11.2. The Kier molecular flexibility index (Phi) is 3.88. The second-order valence-corrected chi connectivity index (χ2v) is 4.78. The largest absolute Gasteiger partial charge is 0.385 e. The van der Waals surface area contributed by atoms with Crippen molar-refractivity contribution in [2.24, 2.45) is 0 Å². The van der Waals surface area contributed by atoms with E-state index in [1.54, 1.807) is 30.4 Å². The van der Waals surface area contributed by atoms with Gasteiger partial charge in [-0.1, -0.05) is 41.4 Å². The van der Waals surface area contributed by atoms with Gasteiger partial charge in [0.15, 0.2) is 5.78 Å². The van der Waals surface area contributed by atoms with Crippen LogP contribution in [-0.2, 0) is 4.79 Å². The highest BCUT2D eigenvalue weighted by molar-refractivity contribution is 6.35. The van der Waals surface area contributed by atoms with Crippen LogP contribution in [0.15, 0.2) is 35.9 Å². The highest BCUT2D eigenvalue weighted by Gasteiger charge is 2.31. The van der Waals surface area contributed by atoms with E-state index in [1.165, 1.54) is 6.08 Å². The zero-order chi connectivity index (χ0) is 13.3. The van der Waals surface area contributed by atoms with Crippen LogP contribution in [-0.4, -0.2) is 28.2 Å². The first-order chi connectivity index (χ1) is 8.49. The minimum atomic E-state index is -1.37. The maximum absolute atomic E-state index is 11.2. The molecule has 1 aromatic carbocycles. The average molecular weight is 285 g/mol. The highest BCUT2D eigenvalue weighted by Crippen LogP contribution is 2.24. The quantitative estimate of drug-likeness (QED) is 0.876. The summed E-state index contributed by atoms with van der Waals surface area (Å²) in [5.74, 6) is -0.496. The third kappa shape index (κ3) is 2.65. The Hall–Kier alpha value is -1.13. The SMILES string of the molecule is O=C1C=C(/C=C/c2ccc(Cl)cc2Cl)[C@H](O)[C@H]1O. The number of ketones is 1. The first-order valence-electron chi connectivity index (χ1n) is 5.24. The lowest BCUT2D eigenvalue weighted by molar-refractivity contribution is -0.124. The Bertz CT molecular complexity index is 549. The minimum absolute atomic E-state index is 0.360. The molecule has 0 spiro atoms. The third-order valence-electron chi connectivity index (χ3n) is 2.66. The maximum Gasteiger partial charge on any atom is 0.187 e. The summed E-state index contributed by atoms with van der Waals surface area (Å²) >= 11 is 11.7. The van der Waals surface area contributed by atoms with Gasteiger partial charge in [-0.25, -0.2) is 0 Å². The first-order valence-corrected chi connectivity index (χ1v) is 5.99. The molecule has 0 saturated carbocycles. The lowest BCUT2D eigenvalue weighted by atomic mass is 10.1. The number of halogens is 2. The van der Waals surface area contributed by atoms with Crippen LogP contribution < -0.4 is 0 Å². The average Bonchev–Trinajstić information content (AvgIpc) is 2.56. The maximum atomic E-state index is 11.2. The molecule has 0 bridgehead atoms. The van der Waals surface area contributed by atoms with Crippen LogP contribution in [0, 0.1) is 0 Å². The van der Waals surface area contributed by atoms with Crippen molar-refractivity contribution in [2.45, 2.75) is 12.2 Å². The second kappa shape index (κ2) is 5.24. The summed E-state index contributed by atoms with van der Waals surface area (Å²) in [7, 11) is 0. The van der Waals surface area contributed by atoms with E-state index >= 15 is 0 Å². The van der Waals surface area contributed by atoms with Crippen molar-refractivity contribution in [1.82, 2.24) is 0 Å². The van der Waals surface area contributed by atoms with Gasteiger partial charge in [-0.2, -0.15) is 0 Å². The minimum Gasteiger partial charge on any atom is -0.385 e. The number of carbonyl (C=O) groups is 1. The van der Waals surface area contributed by atoms with Crippen molar-refractivity contribution >= 4 is 35.1 Å². The van der Waals surface area contributed by atoms with Crippen LogP contribution in [0.25, 0.3) is 6.08 Å². The van der Waals surface area contributed by atoms with E-state index in [1.807, 2.05) is 0 Å². The van der Waals surface area contributed by atoms with E-state index in [-0.39, 0.29) is 0 Å². The van der Waals surface area contributed by atoms with Gasteiger partial charge in [0.25, 0.3) is 0 Å². The second-order valence-electron chi connectivity index (χ2n) is 3.94. The van der Waals surface area contributed by atoms with Crippen LogP contribution in [0.1, 0.15) is 5.56 Å². The fraction of sp³-hybridized carbons (Fsp3) is 0.154. The van der Waals surface area contributed by atoms with Crippen molar-refractivity contribution < 1.29 is 15.0 Å². The molecule has 18 heavy (non-hydrogen) atoms. The molecular weight excluding hydrogens is 275 g/mol. The van der Waals surface area contributed by atoms with Gasteiger partial charge in [-0.15, -0.1) is 0 Å². The molecule has 2 N–H and O–H groups in total. The molecule has 0 fully saturated rings. The van der Waals surface area contributed by atoms with Crippen LogP contribution in [0.2, 0.25) is 10.0 Å². The van der Waals surface area contributed by atoms with Crippen molar-refractivity contribution in [3.8, 4) is 0 Å². The van der Waals surface area contributed by atoms with Crippen LogP contribution in [0.3, 0.4) is 0 Å². The lowest BCUT2D eigenvalue weighted by Gasteiger charge is -2.08. The standard InChI is InChI=1S/C13H10Cl2O3/c14-9-4-3-7(10(15)6-9)1-2-8-5-11(16)13(18)12(8)17/h1-6,12-13,17-18H/b2-1+/t12-,13-/m0/s1. The molecular formula is C13H10Cl2O3. The van der Waals surface area contributed by atoms with Gasteiger partial charge < -0.3 is 10.2 Å². The molecule has 0 heterocycles. The molecule has 3 nitrogen and oxygen atoms in total. The number of hydrogen-bond acceptors (Lipinski definition) is 3. The van der Waals surface area contributed by atoms with E-state index in [0.717, 1.165) is 0 Å². The van der Waals surface area contributed by atoms with E-state index in [9.17, 15) is 15.0 Å². The topological polar surface area (TPSA) is 57.5 Å². The van der Waals surface area contributed by atoms with E-state index < -0.39 is 18.0 Å². The molecule has 0 saturated heterocycles. The number of aliphatic hydroxyl groups excluding tert-OH is 2. The van der Waals surface area contributed by atoms with E-state index in [2.05, 4.69) is 0 Å². The van der Waals surface area contributed by atoms with Gasteiger partial charge in [-0.3, -0.25) is 4.79 Å². The Morgan fingerprint density at radius 1 is 1.11 bits per heavy atom. The van der Waals surface area contributed by atoms with Crippen molar-refractivity contribution in [2.75, 3.05) is 0 Å². The smallest absolute Gasteiger partial charge is 0.187 e. The molecule has 0 radical (unpaired) electrons. The van der Waals surface area contributed by atoms with Gasteiger partial charge in [0.05, 0.1) is 0 Å². The normalized spacial score (nSPS) is 23.8. The summed E-state index contributed by atoms with van der Waals surface area (Å²) in [6.07, 6.45) is 1.87. The molecule has 0 aliphatic heterocycles. The number of rotatable bonds is 2. The van der Waals surface area contributed by atoms with E-state index in [0.29, 0.717) is 21.2 Å². The van der Waals surface area contributed by atoms with Gasteiger partial charge in [0, 0.05) is 10.0 Å². The Morgan fingerprint density at radius 3 is 2.39 bits per heavy atom. The molecule has 94 valence electrons. The first kappa shape index (κ1) is 13.3. The summed E-state index contributed by atoms with van der Waals surface area (Å²) in [5, 5.41) is 19.9. The Morgan fingerprint density at radius 2 is 1.83 bits per heavy atom. The molecule has 1 aliphatic carbocycles. The Labute approximate surface area is 114 Å². The van der Waals surface area contributed by atoms with Crippen LogP contribution >= 0.6 is 23.2 Å². The van der Waals surface area contributed by atoms with Crippen molar-refractivity contribution in [3.05, 3.63) is 51.5 Å². The summed E-state index contributed by atoms with van der Waals surface area (Å²) < 4.78 is 0.